The number of hydrogen-bond acceptors (Lipinski definition) is 4. The average Bonchev–Trinajstić information content (AvgIpc) is 3.03. The Hall–Kier alpha value is -2.38. The molecule has 0 spiro atoms. The van der Waals surface area contributed by atoms with Gasteiger partial charge in [-0.1, -0.05) is 17.7 Å². The predicted octanol–water partition coefficient (Wildman–Crippen LogP) is 2.17. The molecule has 0 saturated carbocycles. The first-order valence-corrected chi connectivity index (χ1v) is 8.16. The zero-order chi connectivity index (χ0) is 16.8. The number of ether oxygens (including phenoxy) is 1. The van der Waals surface area contributed by atoms with Crippen LogP contribution in [0.3, 0.4) is 0 Å². The normalized spacial score (nSPS) is 15.2. The van der Waals surface area contributed by atoms with E-state index in [1.165, 1.54) is 0 Å². The summed E-state index contributed by atoms with van der Waals surface area (Å²) in [6, 6.07) is 7.39. The van der Waals surface area contributed by atoms with Crippen molar-refractivity contribution in [3.8, 4) is 0 Å². The summed E-state index contributed by atoms with van der Waals surface area (Å²) in [5, 5.41) is 9.89. The Morgan fingerprint density at radius 3 is 2.58 bits per heavy atom. The highest BCUT2D eigenvalue weighted by Gasteiger charge is 2.10. The minimum Gasteiger partial charge on any atom is -0.379 e. The van der Waals surface area contributed by atoms with Crippen molar-refractivity contribution in [3.05, 3.63) is 42.2 Å². The number of hydrogen-bond donors (Lipinski definition) is 2. The van der Waals surface area contributed by atoms with Crippen LogP contribution < -0.4 is 10.6 Å². The molecule has 2 N–H and O–H groups in total. The minimum atomic E-state index is -0.272. The van der Waals surface area contributed by atoms with Gasteiger partial charge in [0.2, 0.25) is 0 Å². The van der Waals surface area contributed by atoms with E-state index >= 15 is 0 Å². The van der Waals surface area contributed by atoms with Gasteiger partial charge in [-0.05, 0) is 19.1 Å². The second-order valence-electron chi connectivity index (χ2n) is 5.89. The highest BCUT2D eigenvalue weighted by atomic mass is 16.5. The molecule has 1 aliphatic heterocycles. The lowest BCUT2D eigenvalue weighted by atomic mass is 10.2. The number of aryl methyl sites for hydroxylation is 1. The summed E-state index contributed by atoms with van der Waals surface area (Å²) < 4.78 is 7.18. The Bertz CT molecular complexity index is 662. The molecule has 1 fully saturated rings. The Kier molecular flexibility index (Phi) is 5.45. The van der Waals surface area contributed by atoms with E-state index in [0.717, 1.165) is 50.6 Å². The van der Waals surface area contributed by atoms with Gasteiger partial charge < -0.3 is 15.4 Å². The van der Waals surface area contributed by atoms with Crippen LogP contribution in [-0.2, 0) is 11.3 Å². The molecule has 3 rings (SSSR count). The summed E-state index contributed by atoms with van der Waals surface area (Å²) in [6.07, 6.45) is 3.50. The first-order valence-electron chi connectivity index (χ1n) is 8.16. The zero-order valence-electron chi connectivity index (χ0n) is 13.9. The van der Waals surface area contributed by atoms with Gasteiger partial charge in [0, 0.05) is 31.5 Å². The third kappa shape index (κ3) is 4.81. The third-order valence-electron chi connectivity index (χ3n) is 3.95. The fourth-order valence-electron chi connectivity index (χ4n) is 2.55. The maximum atomic E-state index is 12.0. The van der Waals surface area contributed by atoms with Crippen molar-refractivity contribution in [2.75, 3.05) is 43.5 Å². The molecule has 1 aromatic heterocycles. The summed E-state index contributed by atoms with van der Waals surface area (Å²) in [5.74, 6) is 0. The smallest absolute Gasteiger partial charge is 0.323 e. The van der Waals surface area contributed by atoms with E-state index in [0.29, 0.717) is 5.69 Å². The molecular formula is C17H23N5O2. The van der Waals surface area contributed by atoms with Gasteiger partial charge in [-0.2, -0.15) is 5.10 Å². The zero-order valence-corrected chi connectivity index (χ0v) is 13.9. The number of nitrogens with zero attached hydrogens (tertiary/aromatic N) is 3. The molecule has 0 aliphatic carbocycles. The topological polar surface area (TPSA) is 71.4 Å². The van der Waals surface area contributed by atoms with Crippen LogP contribution in [0.25, 0.3) is 0 Å². The highest BCUT2D eigenvalue weighted by molar-refractivity contribution is 5.99. The Morgan fingerprint density at radius 1 is 1.12 bits per heavy atom. The Labute approximate surface area is 141 Å². The van der Waals surface area contributed by atoms with Crippen LogP contribution in [-0.4, -0.2) is 53.6 Å². The largest absolute Gasteiger partial charge is 0.379 e. The number of anilines is 2. The number of nitrogens with one attached hydrogen (secondary N) is 2. The molecule has 1 saturated heterocycles. The lowest BCUT2D eigenvalue weighted by molar-refractivity contribution is 0.0360. The van der Waals surface area contributed by atoms with E-state index in [9.17, 15) is 4.79 Å². The van der Waals surface area contributed by atoms with E-state index in [1.807, 2.05) is 42.1 Å². The average molecular weight is 329 g/mol. The molecule has 1 aromatic carbocycles. The van der Waals surface area contributed by atoms with Crippen molar-refractivity contribution in [2.45, 2.75) is 13.5 Å². The van der Waals surface area contributed by atoms with Gasteiger partial charge in [-0.3, -0.25) is 9.58 Å². The van der Waals surface area contributed by atoms with E-state index in [-0.39, 0.29) is 6.03 Å². The molecule has 0 atom stereocenters. The SMILES string of the molecule is Cc1ccc(NC(=O)Nc2cnn(CCN3CCOCC3)c2)cc1. The van der Waals surface area contributed by atoms with Crippen LogP contribution in [0.1, 0.15) is 5.56 Å². The van der Waals surface area contributed by atoms with Gasteiger partial charge in [-0.25, -0.2) is 4.79 Å². The summed E-state index contributed by atoms with van der Waals surface area (Å²) in [5.41, 5.74) is 2.60. The van der Waals surface area contributed by atoms with Gasteiger partial charge in [0.15, 0.2) is 0 Å². The lowest BCUT2D eigenvalue weighted by Gasteiger charge is -2.26. The van der Waals surface area contributed by atoms with E-state index in [2.05, 4.69) is 20.6 Å². The monoisotopic (exact) mass is 329 g/mol. The van der Waals surface area contributed by atoms with E-state index in [1.54, 1.807) is 6.20 Å². The molecule has 128 valence electrons. The molecule has 0 bridgehead atoms. The van der Waals surface area contributed by atoms with Crippen LogP contribution in [0, 0.1) is 6.92 Å². The molecule has 2 heterocycles. The lowest BCUT2D eigenvalue weighted by Crippen LogP contribution is -2.38. The van der Waals surface area contributed by atoms with Crippen molar-refractivity contribution < 1.29 is 9.53 Å². The maximum Gasteiger partial charge on any atom is 0.323 e. The van der Waals surface area contributed by atoms with Crippen molar-refractivity contribution in [1.82, 2.24) is 14.7 Å². The van der Waals surface area contributed by atoms with Crippen LogP contribution in [0.2, 0.25) is 0 Å². The first kappa shape index (κ1) is 16.5. The molecule has 2 amide bonds. The van der Waals surface area contributed by atoms with Gasteiger partial charge >= 0.3 is 6.03 Å². The van der Waals surface area contributed by atoms with Gasteiger partial charge in [0.05, 0.1) is 31.6 Å². The number of carbonyl (C=O) groups is 1. The Morgan fingerprint density at radius 2 is 1.83 bits per heavy atom. The van der Waals surface area contributed by atoms with Crippen LogP contribution in [0.5, 0.6) is 0 Å². The second kappa shape index (κ2) is 7.94. The molecule has 24 heavy (non-hydrogen) atoms. The van der Waals surface area contributed by atoms with Gasteiger partial charge in [-0.15, -0.1) is 0 Å². The van der Waals surface area contributed by atoms with Crippen molar-refractivity contribution in [3.63, 3.8) is 0 Å². The summed E-state index contributed by atoms with van der Waals surface area (Å²) in [4.78, 5) is 14.3. The van der Waals surface area contributed by atoms with Crippen LogP contribution in [0.15, 0.2) is 36.7 Å². The number of benzene rings is 1. The van der Waals surface area contributed by atoms with Crippen molar-refractivity contribution in [2.24, 2.45) is 0 Å². The summed E-state index contributed by atoms with van der Waals surface area (Å²) in [6.45, 7) is 7.25. The third-order valence-corrected chi connectivity index (χ3v) is 3.95. The van der Waals surface area contributed by atoms with Gasteiger partial charge in [0.1, 0.15) is 0 Å². The molecule has 7 heteroatoms. The molecule has 7 nitrogen and oxygen atoms in total. The highest BCUT2D eigenvalue weighted by Crippen LogP contribution is 2.10. The number of morpholine rings is 1. The first-order chi connectivity index (χ1) is 11.7. The molecule has 2 aromatic rings. The summed E-state index contributed by atoms with van der Waals surface area (Å²) in [7, 11) is 0. The molecular weight excluding hydrogens is 306 g/mol. The van der Waals surface area contributed by atoms with E-state index in [4.69, 9.17) is 4.74 Å². The van der Waals surface area contributed by atoms with Crippen LogP contribution >= 0.6 is 0 Å². The number of amides is 2. The number of aromatic nitrogens is 2. The molecule has 0 radical (unpaired) electrons. The van der Waals surface area contributed by atoms with Crippen LogP contribution in [0.4, 0.5) is 16.2 Å². The van der Waals surface area contributed by atoms with E-state index < -0.39 is 0 Å². The fraction of sp³-hybridized carbons (Fsp3) is 0.412. The van der Waals surface area contributed by atoms with Crippen molar-refractivity contribution >= 4 is 17.4 Å². The number of urea groups is 1. The predicted molar refractivity (Wildman–Crippen MR) is 93.3 cm³/mol. The standard InChI is InChI=1S/C17H23N5O2/c1-14-2-4-15(5-3-14)19-17(23)20-16-12-18-22(13-16)7-6-21-8-10-24-11-9-21/h2-5,12-13H,6-11H2,1H3,(H2,19,20,23). The van der Waals surface area contributed by atoms with Crippen molar-refractivity contribution in [1.29, 1.82) is 0 Å². The maximum absolute atomic E-state index is 12.0. The Balaban J connectivity index is 1.46. The van der Waals surface area contributed by atoms with Gasteiger partial charge in [0.25, 0.3) is 0 Å². The quantitative estimate of drug-likeness (QED) is 0.882. The fourth-order valence-corrected chi connectivity index (χ4v) is 2.55. The second-order valence-corrected chi connectivity index (χ2v) is 5.89. The number of carbonyl (C=O) groups excluding carboxylic acids is 1. The number of rotatable bonds is 5. The molecule has 0 unspecified atom stereocenters. The molecule has 1 aliphatic rings. The minimum absolute atomic E-state index is 0.272. The summed E-state index contributed by atoms with van der Waals surface area (Å²) >= 11 is 0.